The lowest BCUT2D eigenvalue weighted by Crippen LogP contribution is -2.32. The van der Waals surface area contributed by atoms with Crippen LogP contribution in [0.15, 0.2) is 54.6 Å². The fraction of sp³-hybridized carbons (Fsp3) is 0.222. The first-order valence-corrected chi connectivity index (χ1v) is 7.89. The lowest BCUT2D eigenvalue weighted by Gasteiger charge is -2.18. The molecule has 0 saturated carbocycles. The number of hydrogen-bond acceptors (Lipinski definition) is 2. The van der Waals surface area contributed by atoms with E-state index in [4.69, 9.17) is 11.6 Å². The number of rotatable bonds is 4. The maximum absolute atomic E-state index is 12.3. The molecule has 0 aliphatic carbocycles. The van der Waals surface area contributed by atoms with E-state index in [-0.39, 0.29) is 24.2 Å². The summed E-state index contributed by atoms with van der Waals surface area (Å²) in [4.78, 5) is 26.1. The van der Waals surface area contributed by atoms with Gasteiger partial charge in [0.15, 0.2) is 0 Å². The Morgan fingerprint density at radius 3 is 2.57 bits per heavy atom. The Morgan fingerprint density at radius 2 is 1.83 bits per heavy atom. The van der Waals surface area contributed by atoms with Gasteiger partial charge in [0, 0.05) is 19.5 Å². The monoisotopic (exact) mass is 328 g/mol. The lowest BCUT2D eigenvalue weighted by molar-refractivity contribution is -0.126. The zero-order chi connectivity index (χ0) is 16.2. The number of nitrogens with zero attached hydrogens (tertiary/aromatic N) is 1. The molecule has 2 aromatic carbocycles. The number of para-hydroxylation sites is 1. The van der Waals surface area contributed by atoms with Crippen LogP contribution in [0.5, 0.6) is 0 Å². The molecule has 0 radical (unpaired) electrons. The Hall–Kier alpha value is -2.33. The normalized spacial score (nSPS) is 17.3. The fourth-order valence-corrected chi connectivity index (χ4v) is 2.95. The van der Waals surface area contributed by atoms with Crippen molar-refractivity contribution in [1.82, 2.24) is 5.32 Å². The molecule has 0 spiro atoms. The molecule has 1 heterocycles. The van der Waals surface area contributed by atoms with Crippen molar-refractivity contribution < 1.29 is 9.59 Å². The summed E-state index contributed by atoms with van der Waals surface area (Å²) in [5.74, 6) is -0.516. The van der Waals surface area contributed by atoms with Gasteiger partial charge in [0.1, 0.15) is 0 Å². The average molecular weight is 329 g/mol. The number of amides is 2. The van der Waals surface area contributed by atoms with Crippen LogP contribution in [-0.4, -0.2) is 18.4 Å². The Labute approximate surface area is 140 Å². The highest BCUT2D eigenvalue weighted by Gasteiger charge is 2.35. The molecule has 1 N–H and O–H groups in total. The van der Waals surface area contributed by atoms with Crippen molar-refractivity contribution in [2.45, 2.75) is 13.0 Å². The highest BCUT2D eigenvalue weighted by molar-refractivity contribution is 6.33. The molecule has 2 aromatic rings. The van der Waals surface area contributed by atoms with E-state index in [0.29, 0.717) is 23.8 Å². The molecule has 1 atom stereocenters. The molecule has 2 amide bonds. The van der Waals surface area contributed by atoms with E-state index in [1.54, 1.807) is 17.0 Å². The van der Waals surface area contributed by atoms with E-state index < -0.39 is 0 Å². The number of hydrogen-bond donors (Lipinski definition) is 1. The molecule has 118 valence electrons. The quantitative estimate of drug-likeness (QED) is 0.938. The van der Waals surface area contributed by atoms with E-state index in [1.807, 2.05) is 42.5 Å². The summed E-state index contributed by atoms with van der Waals surface area (Å²) in [5, 5.41) is 3.42. The predicted octanol–water partition coefficient (Wildman–Crippen LogP) is 3.01. The molecule has 0 unspecified atom stereocenters. The summed E-state index contributed by atoms with van der Waals surface area (Å²) in [6.07, 6.45) is 0.214. The number of halogens is 1. The zero-order valence-electron chi connectivity index (χ0n) is 12.5. The molecule has 1 saturated heterocycles. The first-order chi connectivity index (χ1) is 11.1. The second-order valence-electron chi connectivity index (χ2n) is 5.56. The summed E-state index contributed by atoms with van der Waals surface area (Å²) >= 11 is 6.14. The van der Waals surface area contributed by atoms with Gasteiger partial charge in [0.2, 0.25) is 11.8 Å². The largest absolute Gasteiger partial charge is 0.352 e. The van der Waals surface area contributed by atoms with Gasteiger partial charge in [-0.1, -0.05) is 54.1 Å². The Morgan fingerprint density at radius 1 is 1.13 bits per heavy atom. The molecule has 3 rings (SSSR count). The first kappa shape index (κ1) is 15.6. The third-order valence-electron chi connectivity index (χ3n) is 3.95. The van der Waals surface area contributed by atoms with E-state index in [0.717, 1.165) is 5.56 Å². The zero-order valence-corrected chi connectivity index (χ0v) is 13.3. The van der Waals surface area contributed by atoms with Gasteiger partial charge in [-0.2, -0.15) is 0 Å². The maximum Gasteiger partial charge on any atom is 0.227 e. The molecule has 23 heavy (non-hydrogen) atoms. The number of benzene rings is 2. The smallest absolute Gasteiger partial charge is 0.227 e. The molecule has 0 aromatic heterocycles. The number of carbonyl (C=O) groups is 2. The number of anilines is 1. The van der Waals surface area contributed by atoms with Crippen LogP contribution in [-0.2, 0) is 16.1 Å². The fourth-order valence-electron chi connectivity index (χ4n) is 2.72. The second kappa shape index (κ2) is 6.84. The highest BCUT2D eigenvalue weighted by Crippen LogP contribution is 2.30. The SMILES string of the molecule is O=C(NCc1ccccc1)[C@@H]1CC(=O)N(c2ccccc2Cl)C1. The third-order valence-corrected chi connectivity index (χ3v) is 4.27. The summed E-state index contributed by atoms with van der Waals surface area (Å²) in [6.45, 7) is 0.833. The van der Waals surface area contributed by atoms with Crippen LogP contribution in [0, 0.1) is 5.92 Å². The van der Waals surface area contributed by atoms with Crippen LogP contribution >= 0.6 is 11.6 Å². The summed E-state index contributed by atoms with van der Waals surface area (Å²) in [7, 11) is 0. The van der Waals surface area contributed by atoms with Gasteiger partial charge >= 0.3 is 0 Å². The highest BCUT2D eigenvalue weighted by atomic mass is 35.5. The second-order valence-corrected chi connectivity index (χ2v) is 5.97. The van der Waals surface area contributed by atoms with Gasteiger partial charge in [-0.25, -0.2) is 0 Å². The van der Waals surface area contributed by atoms with Crippen molar-refractivity contribution in [3.8, 4) is 0 Å². The minimum atomic E-state index is -0.345. The summed E-state index contributed by atoms with van der Waals surface area (Å²) in [6, 6.07) is 16.9. The Balaban J connectivity index is 1.63. The summed E-state index contributed by atoms with van der Waals surface area (Å²) in [5.41, 5.74) is 1.70. The minimum Gasteiger partial charge on any atom is -0.352 e. The van der Waals surface area contributed by atoms with Crippen molar-refractivity contribution in [2.75, 3.05) is 11.4 Å². The van der Waals surface area contributed by atoms with Crippen molar-refractivity contribution in [3.63, 3.8) is 0 Å². The van der Waals surface area contributed by atoms with Gasteiger partial charge in [-0.05, 0) is 17.7 Å². The molecule has 1 aliphatic heterocycles. The standard InChI is InChI=1S/C18H17ClN2O2/c19-15-8-4-5-9-16(15)21-12-14(10-17(21)22)18(23)20-11-13-6-2-1-3-7-13/h1-9,14H,10-12H2,(H,20,23)/t14-/m1/s1. The van der Waals surface area contributed by atoms with Crippen molar-refractivity contribution in [3.05, 3.63) is 65.2 Å². The molecule has 5 heteroatoms. The molecule has 1 fully saturated rings. The van der Waals surface area contributed by atoms with E-state index in [1.165, 1.54) is 0 Å². The number of nitrogens with one attached hydrogen (secondary N) is 1. The van der Waals surface area contributed by atoms with Crippen LogP contribution < -0.4 is 10.2 Å². The van der Waals surface area contributed by atoms with Crippen molar-refractivity contribution in [1.29, 1.82) is 0 Å². The molecule has 0 bridgehead atoms. The molecule has 4 nitrogen and oxygen atoms in total. The third kappa shape index (κ3) is 3.54. The van der Waals surface area contributed by atoms with Crippen LogP contribution in [0.2, 0.25) is 5.02 Å². The first-order valence-electron chi connectivity index (χ1n) is 7.51. The van der Waals surface area contributed by atoms with Gasteiger partial charge in [0.05, 0.1) is 16.6 Å². The van der Waals surface area contributed by atoms with Gasteiger partial charge in [-0.3, -0.25) is 9.59 Å². The molecular weight excluding hydrogens is 312 g/mol. The average Bonchev–Trinajstić information content (AvgIpc) is 2.96. The maximum atomic E-state index is 12.3. The molecule has 1 aliphatic rings. The van der Waals surface area contributed by atoms with Crippen LogP contribution in [0.25, 0.3) is 0 Å². The Bertz CT molecular complexity index is 718. The van der Waals surface area contributed by atoms with Crippen molar-refractivity contribution in [2.24, 2.45) is 5.92 Å². The van der Waals surface area contributed by atoms with E-state index in [2.05, 4.69) is 5.32 Å². The topological polar surface area (TPSA) is 49.4 Å². The predicted molar refractivity (Wildman–Crippen MR) is 90.2 cm³/mol. The summed E-state index contributed by atoms with van der Waals surface area (Å²) < 4.78 is 0. The van der Waals surface area contributed by atoms with E-state index >= 15 is 0 Å². The lowest BCUT2D eigenvalue weighted by atomic mass is 10.1. The van der Waals surface area contributed by atoms with Gasteiger partial charge < -0.3 is 10.2 Å². The van der Waals surface area contributed by atoms with Gasteiger partial charge in [-0.15, -0.1) is 0 Å². The molecular formula is C18H17ClN2O2. The Kier molecular flexibility index (Phi) is 4.63. The minimum absolute atomic E-state index is 0.0713. The van der Waals surface area contributed by atoms with Gasteiger partial charge in [0.25, 0.3) is 0 Å². The number of carbonyl (C=O) groups excluding carboxylic acids is 2. The van der Waals surface area contributed by atoms with E-state index in [9.17, 15) is 9.59 Å². The van der Waals surface area contributed by atoms with Crippen LogP contribution in [0.4, 0.5) is 5.69 Å². The van der Waals surface area contributed by atoms with Crippen LogP contribution in [0.1, 0.15) is 12.0 Å². The van der Waals surface area contributed by atoms with Crippen molar-refractivity contribution >= 4 is 29.1 Å². The van der Waals surface area contributed by atoms with Crippen LogP contribution in [0.3, 0.4) is 0 Å².